The van der Waals surface area contributed by atoms with Gasteiger partial charge in [0.25, 0.3) is 0 Å². The molecule has 0 fully saturated rings. The quantitative estimate of drug-likeness (QED) is 0.548. The van der Waals surface area contributed by atoms with Crippen LogP contribution in [0.5, 0.6) is 11.5 Å². The van der Waals surface area contributed by atoms with Gasteiger partial charge in [-0.15, -0.1) is 0 Å². The van der Waals surface area contributed by atoms with E-state index in [9.17, 15) is 14.7 Å². The van der Waals surface area contributed by atoms with Crippen LogP contribution in [0, 0.1) is 20.8 Å². The Morgan fingerprint density at radius 3 is 2.67 bits per heavy atom. The molecule has 140 valence electrons. The molecule has 2 aromatic carbocycles. The summed E-state index contributed by atoms with van der Waals surface area (Å²) in [6.45, 7) is 5.20. The first-order chi connectivity index (χ1) is 12.9. The van der Waals surface area contributed by atoms with Gasteiger partial charge in [-0.2, -0.15) is 0 Å². The van der Waals surface area contributed by atoms with E-state index in [1.54, 1.807) is 19.1 Å². The molecule has 6 heteroatoms. The largest absolute Gasteiger partial charge is 0.508 e. The maximum absolute atomic E-state index is 12.0. The monoisotopic (exact) mass is 368 g/mol. The predicted octanol–water partition coefficient (Wildman–Crippen LogP) is 3.55. The minimum Gasteiger partial charge on any atom is -0.508 e. The van der Waals surface area contributed by atoms with Crippen LogP contribution in [0.1, 0.15) is 22.3 Å². The average molecular weight is 368 g/mol. The standard InChI is InChI=1S/C21H20O6/c1-12-5-4-6-18(13(12)2)25-11-20(24)26-10-15-9-19(23)27-21-14(3)17(22)8-7-16(15)21/h4-9,22H,10-11H2,1-3H3. The van der Waals surface area contributed by atoms with E-state index >= 15 is 0 Å². The van der Waals surface area contributed by atoms with E-state index in [1.165, 1.54) is 12.1 Å². The molecule has 27 heavy (non-hydrogen) atoms. The summed E-state index contributed by atoms with van der Waals surface area (Å²) in [5.74, 6) is 0.110. The Balaban J connectivity index is 1.71. The van der Waals surface area contributed by atoms with Crippen molar-refractivity contribution < 1.29 is 23.8 Å². The maximum Gasteiger partial charge on any atom is 0.344 e. The first-order valence-corrected chi connectivity index (χ1v) is 8.46. The first kappa shape index (κ1) is 18.5. The van der Waals surface area contributed by atoms with Crippen molar-refractivity contribution in [2.45, 2.75) is 27.4 Å². The van der Waals surface area contributed by atoms with Crippen LogP contribution in [0.25, 0.3) is 11.0 Å². The lowest BCUT2D eigenvalue weighted by atomic mass is 10.1. The summed E-state index contributed by atoms with van der Waals surface area (Å²) in [5.41, 5.74) is 2.70. The highest BCUT2D eigenvalue weighted by Crippen LogP contribution is 2.27. The zero-order valence-electron chi connectivity index (χ0n) is 15.4. The lowest BCUT2D eigenvalue weighted by Crippen LogP contribution is -2.16. The van der Waals surface area contributed by atoms with Gasteiger partial charge in [0, 0.05) is 22.6 Å². The van der Waals surface area contributed by atoms with E-state index in [4.69, 9.17) is 13.9 Å². The number of fused-ring (bicyclic) bond motifs is 1. The van der Waals surface area contributed by atoms with Gasteiger partial charge in [0.05, 0.1) is 0 Å². The molecule has 6 nitrogen and oxygen atoms in total. The van der Waals surface area contributed by atoms with Gasteiger partial charge in [-0.05, 0) is 50.1 Å². The van der Waals surface area contributed by atoms with Crippen LogP contribution < -0.4 is 10.4 Å². The number of phenolic OH excluding ortho intramolecular Hbond substituents is 1. The van der Waals surface area contributed by atoms with Crippen molar-refractivity contribution in [3.8, 4) is 11.5 Å². The van der Waals surface area contributed by atoms with Gasteiger partial charge in [0.15, 0.2) is 6.61 Å². The molecular formula is C21H20O6. The molecule has 0 aliphatic rings. The number of carbonyl (C=O) groups is 1. The second-order valence-electron chi connectivity index (χ2n) is 6.32. The van der Waals surface area contributed by atoms with Gasteiger partial charge in [-0.3, -0.25) is 0 Å². The van der Waals surface area contributed by atoms with Gasteiger partial charge >= 0.3 is 11.6 Å². The number of rotatable bonds is 5. The van der Waals surface area contributed by atoms with Crippen LogP contribution in [-0.2, 0) is 16.1 Å². The topological polar surface area (TPSA) is 86.0 Å². The summed E-state index contributed by atoms with van der Waals surface area (Å²) in [6.07, 6.45) is 0. The number of hydrogen-bond acceptors (Lipinski definition) is 6. The van der Waals surface area contributed by atoms with E-state index in [0.717, 1.165) is 11.1 Å². The third-order valence-electron chi connectivity index (χ3n) is 4.51. The molecule has 1 heterocycles. The molecule has 0 radical (unpaired) electrons. The number of hydrogen-bond donors (Lipinski definition) is 1. The van der Waals surface area contributed by atoms with Gasteiger partial charge in [-0.25, -0.2) is 9.59 Å². The molecule has 0 atom stereocenters. The second kappa shape index (κ2) is 7.53. The van der Waals surface area contributed by atoms with Gasteiger partial charge < -0.3 is 19.0 Å². The Labute approximate surface area is 156 Å². The van der Waals surface area contributed by atoms with Crippen molar-refractivity contribution in [2.24, 2.45) is 0 Å². The maximum atomic E-state index is 12.0. The Bertz CT molecular complexity index is 1060. The summed E-state index contributed by atoms with van der Waals surface area (Å²) in [4.78, 5) is 23.8. The zero-order valence-corrected chi connectivity index (χ0v) is 15.4. The number of esters is 1. The van der Waals surface area contributed by atoms with E-state index in [2.05, 4.69) is 0 Å². The minimum atomic E-state index is -0.575. The molecule has 3 aromatic rings. The van der Waals surface area contributed by atoms with Gasteiger partial charge in [-0.1, -0.05) is 12.1 Å². The van der Waals surface area contributed by atoms with E-state index in [-0.39, 0.29) is 24.5 Å². The molecular weight excluding hydrogens is 348 g/mol. The number of ether oxygens (including phenoxy) is 2. The number of aryl methyl sites for hydroxylation is 2. The van der Waals surface area contributed by atoms with E-state index < -0.39 is 11.6 Å². The minimum absolute atomic E-state index is 0.0294. The van der Waals surface area contributed by atoms with Crippen LogP contribution in [-0.4, -0.2) is 17.7 Å². The molecule has 0 amide bonds. The molecule has 1 aromatic heterocycles. The normalized spacial score (nSPS) is 10.8. The fourth-order valence-corrected chi connectivity index (χ4v) is 2.75. The lowest BCUT2D eigenvalue weighted by molar-refractivity contribution is -0.147. The predicted molar refractivity (Wildman–Crippen MR) is 100 cm³/mol. The van der Waals surface area contributed by atoms with Gasteiger partial charge in [0.2, 0.25) is 0 Å². The highest BCUT2D eigenvalue weighted by molar-refractivity contribution is 5.85. The van der Waals surface area contributed by atoms with Crippen LogP contribution in [0.2, 0.25) is 0 Å². The van der Waals surface area contributed by atoms with E-state index in [0.29, 0.717) is 22.3 Å². The highest BCUT2D eigenvalue weighted by Gasteiger charge is 2.13. The Morgan fingerprint density at radius 2 is 1.89 bits per heavy atom. The molecule has 1 N–H and O–H groups in total. The van der Waals surface area contributed by atoms with Crippen molar-refractivity contribution in [1.82, 2.24) is 0 Å². The SMILES string of the molecule is Cc1cccc(OCC(=O)OCc2cc(=O)oc3c(C)c(O)ccc23)c1C. The van der Waals surface area contributed by atoms with Crippen LogP contribution in [0.3, 0.4) is 0 Å². The van der Waals surface area contributed by atoms with E-state index in [1.807, 2.05) is 26.0 Å². The molecule has 3 rings (SSSR count). The zero-order chi connectivity index (χ0) is 19.6. The van der Waals surface area contributed by atoms with Gasteiger partial charge in [0.1, 0.15) is 23.7 Å². The molecule has 0 saturated heterocycles. The van der Waals surface area contributed by atoms with Crippen LogP contribution in [0.15, 0.2) is 45.6 Å². The average Bonchev–Trinajstić information content (AvgIpc) is 2.64. The number of aromatic hydroxyl groups is 1. The lowest BCUT2D eigenvalue weighted by Gasteiger charge is -2.11. The smallest absolute Gasteiger partial charge is 0.344 e. The molecule has 0 saturated carbocycles. The molecule has 0 spiro atoms. The summed E-state index contributed by atoms with van der Waals surface area (Å²) in [5, 5.41) is 10.4. The number of phenols is 1. The summed E-state index contributed by atoms with van der Waals surface area (Å²) in [6, 6.07) is 10.0. The highest BCUT2D eigenvalue weighted by atomic mass is 16.6. The summed E-state index contributed by atoms with van der Waals surface area (Å²) >= 11 is 0. The van der Waals surface area contributed by atoms with Crippen LogP contribution >= 0.6 is 0 Å². The fraction of sp³-hybridized carbons (Fsp3) is 0.238. The van der Waals surface area contributed by atoms with Crippen molar-refractivity contribution in [2.75, 3.05) is 6.61 Å². The van der Waals surface area contributed by atoms with Crippen LogP contribution in [0.4, 0.5) is 0 Å². The molecule has 0 unspecified atom stereocenters. The molecule has 0 aliphatic heterocycles. The number of carbonyl (C=O) groups excluding carboxylic acids is 1. The summed E-state index contributed by atoms with van der Waals surface area (Å²) < 4.78 is 15.9. The third kappa shape index (κ3) is 3.95. The Morgan fingerprint density at radius 1 is 1.11 bits per heavy atom. The molecule has 0 bridgehead atoms. The van der Waals surface area contributed by atoms with Crippen molar-refractivity contribution in [3.05, 3.63) is 69.1 Å². The Kier molecular flexibility index (Phi) is 5.16. The van der Waals surface area contributed by atoms with Crippen molar-refractivity contribution in [3.63, 3.8) is 0 Å². The molecule has 0 aliphatic carbocycles. The first-order valence-electron chi connectivity index (χ1n) is 8.46. The summed E-state index contributed by atoms with van der Waals surface area (Å²) in [7, 11) is 0. The fourth-order valence-electron chi connectivity index (χ4n) is 2.75. The number of benzene rings is 2. The van der Waals surface area contributed by atoms with Crippen molar-refractivity contribution in [1.29, 1.82) is 0 Å². The Hall–Kier alpha value is -3.28. The second-order valence-corrected chi connectivity index (χ2v) is 6.32. The van der Waals surface area contributed by atoms with Crippen molar-refractivity contribution >= 4 is 16.9 Å². The third-order valence-corrected chi connectivity index (χ3v) is 4.51.